The van der Waals surface area contributed by atoms with Gasteiger partial charge in [-0.25, -0.2) is 9.59 Å². The number of urea groups is 1. The first-order valence-electron chi connectivity index (χ1n) is 5.61. The Morgan fingerprint density at radius 2 is 1.89 bits per heavy atom. The van der Waals surface area contributed by atoms with Gasteiger partial charge in [-0.05, 0) is 32.0 Å². The van der Waals surface area contributed by atoms with Crippen molar-refractivity contribution in [1.82, 2.24) is 4.90 Å². The number of carbonyl (C=O) groups is 2. The van der Waals surface area contributed by atoms with Crippen LogP contribution in [0.4, 0.5) is 10.5 Å². The summed E-state index contributed by atoms with van der Waals surface area (Å²) in [7, 11) is 0. The second-order valence-corrected chi connectivity index (χ2v) is 3.64. The highest BCUT2D eigenvalue weighted by Gasteiger charge is 2.13. The number of anilines is 1. The van der Waals surface area contributed by atoms with Crippen LogP contribution in [0.15, 0.2) is 18.2 Å². The number of rotatable bonds is 4. The van der Waals surface area contributed by atoms with Crippen LogP contribution in [0.2, 0.25) is 0 Å². The van der Waals surface area contributed by atoms with Crippen molar-refractivity contribution in [3.05, 3.63) is 23.8 Å². The van der Waals surface area contributed by atoms with E-state index in [1.54, 1.807) is 4.90 Å². The lowest BCUT2D eigenvalue weighted by Gasteiger charge is -2.19. The Labute approximate surface area is 105 Å². The second kappa shape index (κ2) is 5.90. The van der Waals surface area contributed by atoms with Crippen LogP contribution in [-0.2, 0) is 0 Å². The molecule has 18 heavy (non-hydrogen) atoms. The van der Waals surface area contributed by atoms with Gasteiger partial charge in [0.15, 0.2) is 0 Å². The molecule has 6 heteroatoms. The first kappa shape index (κ1) is 13.8. The van der Waals surface area contributed by atoms with Gasteiger partial charge < -0.3 is 20.4 Å². The summed E-state index contributed by atoms with van der Waals surface area (Å²) in [5.74, 6) is -1.57. The first-order chi connectivity index (χ1) is 8.49. The molecule has 1 aromatic carbocycles. The van der Waals surface area contributed by atoms with Crippen LogP contribution in [0, 0.1) is 0 Å². The molecule has 0 aromatic heterocycles. The second-order valence-electron chi connectivity index (χ2n) is 3.64. The highest BCUT2D eigenvalue weighted by atomic mass is 16.4. The van der Waals surface area contributed by atoms with Crippen LogP contribution in [0.25, 0.3) is 0 Å². The van der Waals surface area contributed by atoms with Gasteiger partial charge in [0, 0.05) is 18.8 Å². The van der Waals surface area contributed by atoms with Crippen molar-refractivity contribution in [2.75, 3.05) is 18.4 Å². The number of hydrogen-bond acceptors (Lipinski definition) is 3. The van der Waals surface area contributed by atoms with E-state index in [-0.39, 0.29) is 17.3 Å². The minimum Gasteiger partial charge on any atom is -0.507 e. The lowest BCUT2D eigenvalue weighted by Crippen LogP contribution is -2.34. The Balaban J connectivity index is 2.89. The fourth-order valence-electron chi connectivity index (χ4n) is 1.50. The van der Waals surface area contributed by atoms with E-state index < -0.39 is 5.97 Å². The maximum atomic E-state index is 11.7. The molecule has 0 saturated heterocycles. The predicted octanol–water partition coefficient (Wildman–Crippen LogP) is 1.96. The van der Waals surface area contributed by atoms with Gasteiger partial charge in [0.25, 0.3) is 0 Å². The van der Waals surface area contributed by atoms with Crippen molar-refractivity contribution < 1.29 is 19.8 Å². The average Bonchev–Trinajstić information content (AvgIpc) is 2.32. The van der Waals surface area contributed by atoms with Crippen LogP contribution in [0.5, 0.6) is 5.75 Å². The van der Waals surface area contributed by atoms with Crippen molar-refractivity contribution in [1.29, 1.82) is 0 Å². The van der Waals surface area contributed by atoms with Gasteiger partial charge >= 0.3 is 12.0 Å². The Hall–Kier alpha value is -2.24. The van der Waals surface area contributed by atoms with E-state index >= 15 is 0 Å². The normalized spacial score (nSPS) is 9.89. The summed E-state index contributed by atoms with van der Waals surface area (Å²) < 4.78 is 0. The summed E-state index contributed by atoms with van der Waals surface area (Å²) in [5.41, 5.74) is 0.0921. The van der Waals surface area contributed by atoms with Crippen molar-refractivity contribution in [2.45, 2.75) is 13.8 Å². The Morgan fingerprint density at radius 3 is 2.39 bits per heavy atom. The van der Waals surface area contributed by atoms with Gasteiger partial charge in [0.2, 0.25) is 0 Å². The van der Waals surface area contributed by atoms with Gasteiger partial charge in [0.1, 0.15) is 11.3 Å². The van der Waals surface area contributed by atoms with Crippen LogP contribution >= 0.6 is 0 Å². The van der Waals surface area contributed by atoms with E-state index in [4.69, 9.17) is 5.11 Å². The molecule has 0 aliphatic rings. The Kier molecular flexibility index (Phi) is 4.53. The number of amides is 2. The highest BCUT2D eigenvalue weighted by Crippen LogP contribution is 2.21. The third kappa shape index (κ3) is 3.13. The van der Waals surface area contributed by atoms with Crippen molar-refractivity contribution >= 4 is 17.7 Å². The number of carboxylic acid groups (broad SMARTS) is 1. The standard InChI is InChI=1S/C12H16N2O4/c1-3-14(4-2)12(18)13-8-5-6-10(15)9(7-8)11(16)17/h5-7,15H,3-4H2,1-2H3,(H,13,18)(H,16,17). The molecular formula is C12H16N2O4. The number of aromatic hydroxyl groups is 1. The van der Waals surface area contributed by atoms with Crippen molar-refractivity contribution in [2.24, 2.45) is 0 Å². The lowest BCUT2D eigenvalue weighted by atomic mass is 10.2. The summed E-state index contributed by atoms with van der Waals surface area (Å²) in [6.07, 6.45) is 0. The summed E-state index contributed by atoms with van der Waals surface area (Å²) >= 11 is 0. The molecular weight excluding hydrogens is 236 g/mol. The summed E-state index contributed by atoms with van der Waals surface area (Å²) in [6.45, 7) is 4.82. The molecule has 98 valence electrons. The maximum Gasteiger partial charge on any atom is 0.339 e. The number of phenols is 1. The predicted molar refractivity (Wildman–Crippen MR) is 67.0 cm³/mol. The van der Waals surface area contributed by atoms with E-state index in [1.807, 2.05) is 13.8 Å². The molecule has 6 nitrogen and oxygen atoms in total. The minimum atomic E-state index is -1.24. The van der Waals surface area contributed by atoms with E-state index in [9.17, 15) is 14.7 Å². The zero-order chi connectivity index (χ0) is 13.7. The van der Waals surface area contributed by atoms with Crippen LogP contribution < -0.4 is 5.32 Å². The molecule has 0 bridgehead atoms. The maximum absolute atomic E-state index is 11.7. The van der Waals surface area contributed by atoms with Crippen molar-refractivity contribution in [3.63, 3.8) is 0 Å². The smallest absolute Gasteiger partial charge is 0.339 e. The zero-order valence-corrected chi connectivity index (χ0v) is 10.3. The summed E-state index contributed by atoms with van der Waals surface area (Å²) in [4.78, 5) is 24.1. The van der Waals surface area contributed by atoms with E-state index in [0.717, 1.165) is 0 Å². The third-order valence-corrected chi connectivity index (χ3v) is 2.53. The molecule has 0 unspecified atom stereocenters. The van der Waals surface area contributed by atoms with Crippen LogP contribution in [0.1, 0.15) is 24.2 Å². The number of aromatic carboxylic acids is 1. The Bertz CT molecular complexity index is 455. The van der Waals surface area contributed by atoms with Gasteiger partial charge in [0.05, 0.1) is 0 Å². The van der Waals surface area contributed by atoms with Gasteiger partial charge in [-0.15, -0.1) is 0 Å². The SMILES string of the molecule is CCN(CC)C(=O)Nc1ccc(O)c(C(=O)O)c1. The fourth-order valence-corrected chi connectivity index (χ4v) is 1.50. The minimum absolute atomic E-state index is 0.243. The topological polar surface area (TPSA) is 89.9 Å². The van der Waals surface area contributed by atoms with Gasteiger partial charge in [-0.2, -0.15) is 0 Å². The molecule has 2 amide bonds. The molecule has 0 spiro atoms. The van der Waals surface area contributed by atoms with Crippen molar-refractivity contribution in [3.8, 4) is 5.75 Å². The van der Waals surface area contributed by atoms with Gasteiger partial charge in [-0.1, -0.05) is 0 Å². The van der Waals surface area contributed by atoms with E-state index in [2.05, 4.69) is 5.32 Å². The molecule has 0 fully saturated rings. The molecule has 0 radical (unpaired) electrons. The van der Waals surface area contributed by atoms with E-state index in [0.29, 0.717) is 18.8 Å². The largest absolute Gasteiger partial charge is 0.507 e. The third-order valence-electron chi connectivity index (χ3n) is 2.53. The number of benzene rings is 1. The monoisotopic (exact) mass is 252 g/mol. The molecule has 0 aliphatic carbocycles. The molecule has 3 N–H and O–H groups in total. The molecule has 0 atom stereocenters. The van der Waals surface area contributed by atoms with Crippen LogP contribution in [0.3, 0.4) is 0 Å². The zero-order valence-electron chi connectivity index (χ0n) is 10.3. The Morgan fingerprint density at radius 1 is 1.28 bits per heavy atom. The summed E-state index contributed by atoms with van der Waals surface area (Å²) in [6, 6.07) is 3.60. The highest BCUT2D eigenvalue weighted by molar-refractivity contribution is 5.95. The molecule has 0 aliphatic heterocycles. The summed E-state index contributed by atoms with van der Waals surface area (Å²) in [5, 5.41) is 20.8. The number of carboxylic acids is 1. The number of carbonyl (C=O) groups excluding carboxylic acids is 1. The number of hydrogen-bond donors (Lipinski definition) is 3. The molecule has 0 heterocycles. The molecule has 1 aromatic rings. The quantitative estimate of drug-likeness (QED) is 0.714. The average molecular weight is 252 g/mol. The molecule has 1 rings (SSSR count). The first-order valence-corrected chi connectivity index (χ1v) is 5.61. The number of nitrogens with one attached hydrogen (secondary N) is 1. The van der Waals surface area contributed by atoms with Crippen LogP contribution in [-0.4, -0.2) is 40.2 Å². The van der Waals surface area contributed by atoms with E-state index in [1.165, 1.54) is 18.2 Å². The van der Waals surface area contributed by atoms with Gasteiger partial charge in [-0.3, -0.25) is 0 Å². The number of nitrogens with zero attached hydrogens (tertiary/aromatic N) is 1. The lowest BCUT2D eigenvalue weighted by molar-refractivity contribution is 0.0693. The molecule has 0 saturated carbocycles. The fraction of sp³-hybridized carbons (Fsp3) is 0.333.